The van der Waals surface area contributed by atoms with Crippen molar-refractivity contribution in [3.8, 4) is 0 Å². The van der Waals surface area contributed by atoms with Gasteiger partial charge in [-0.15, -0.1) is 11.8 Å². The molecule has 0 radical (unpaired) electrons. The largest absolute Gasteiger partial charge is 0.326 e. The predicted octanol–water partition coefficient (Wildman–Crippen LogP) is 6.11. The first kappa shape index (κ1) is 21.9. The molecule has 1 N–H and O–H groups in total. The van der Waals surface area contributed by atoms with Gasteiger partial charge in [-0.25, -0.2) is 0 Å². The number of nitrogens with zero attached hydrogens (tertiary/aromatic N) is 1. The summed E-state index contributed by atoms with van der Waals surface area (Å²) < 4.78 is 0. The Hall–Kier alpha value is -2.27. The highest BCUT2D eigenvalue weighted by atomic mass is 32.2. The molecule has 0 saturated carbocycles. The average Bonchev–Trinajstić information content (AvgIpc) is 3.40. The molecule has 4 rings (SSSR count). The molecule has 5 heteroatoms. The van der Waals surface area contributed by atoms with Crippen LogP contribution in [0.15, 0.2) is 42.5 Å². The van der Waals surface area contributed by atoms with Crippen molar-refractivity contribution < 1.29 is 9.59 Å². The van der Waals surface area contributed by atoms with Gasteiger partial charge in [0.2, 0.25) is 11.8 Å². The van der Waals surface area contributed by atoms with E-state index in [2.05, 4.69) is 37.4 Å². The molecule has 1 aliphatic carbocycles. The van der Waals surface area contributed by atoms with Crippen molar-refractivity contribution in [3.05, 3.63) is 59.2 Å². The Morgan fingerprint density at radius 2 is 1.90 bits per heavy atom. The average molecular weight is 437 g/mol. The zero-order chi connectivity index (χ0) is 21.8. The van der Waals surface area contributed by atoms with Crippen molar-refractivity contribution in [2.24, 2.45) is 5.92 Å². The molecule has 2 aliphatic rings. The van der Waals surface area contributed by atoms with Crippen molar-refractivity contribution in [2.45, 2.75) is 64.2 Å². The molecule has 1 aliphatic heterocycles. The number of aryl methyl sites for hydroxylation is 2. The quantitative estimate of drug-likeness (QED) is 0.543. The molecule has 2 amide bonds. The molecular weight excluding hydrogens is 404 g/mol. The van der Waals surface area contributed by atoms with Crippen molar-refractivity contribution >= 4 is 35.0 Å². The molecule has 2 aromatic rings. The number of thioether (sulfide) groups is 1. The van der Waals surface area contributed by atoms with Gasteiger partial charge in [-0.1, -0.05) is 44.9 Å². The van der Waals surface area contributed by atoms with Gasteiger partial charge >= 0.3 is 0 Å². The molecule has 0 spiro atoms. The highest BCUT2D eigenvalue weighted by Crippen LogP contribution is 2.43. The summed E-state index contributed by atoms with van der Waals surface area (Å²) in [5, 5.41) is 3.05. The second-order valence-corrected chi connectivity index (χ2v) is 9.66. The third-order valence-corrected chi connectivity index (χ3v) is 7.67. The number of carbonyl (C=O) groups is 2. The van der Waals surface area contributed by atoms with E-state index >= 15 is 0 Å². The molecule has 2 atom stereocenters. The van der Waals surface area contributed by atoms with Gasteiger partial charge in [-0.3, -0.25) is 14.5 Å². The van der Waals surface area contributed by atoms with Crippen LogP contribution in [0.2, 0.25) is 0 Å². The van der Waals surface area contributed by atoms with Crippen LogP contribution in [0.4, 0.5) is 11.4 Å². The summed E-state index contributed by atoms with van der Waals surface area (Å²) >= 11 is 1.67. The van der Waals surface area contributed by atoms with Crippen LogP contribution in [0, 0.1) is 5.92 Å². The maximum absolute atomic E-state index is 12.7. The molecule has 0 unspecified atom stereocenters. The standard InChI is InChI=1S/C26H32N2O2S/c1-3-5-7-18(4-2)25(30)27-22-13-10-20(11-14-22)26-28(24(29)17-31-26)23-15-12-19-8-6-9-21(19)16-23/h10-16,18,26H,3-9,17H2,1-2H3,(H,27,30)/t18-,26-/m1/s1. The van der Waals surface area contributed by atoms with Gasteiger partial charge in [0, 0.05) is 17.3 Å². The van der Waals surface area contributed by atoms with E-state index in [-0.39, 0.29) is 23.1 Å². The molecule has 164 valence electrons. The molecule has 4 nitrogen and oxygen atoms in total. The Kier molecular flexibility index (Phi) is 7.01. The Morgan fingerprint density at radius 1 is 1.13 bits per heavy atom. The normalized spacial score (nSPS) is 18.8. The van der Waals surface area contributed by atoms with Crippen LogP contribution < -0.4 is 10.2 Å². The monoisotopic (exact) mass is 436 g/mol. The van der Waals surface area contributed by atoms with Gasteiger partial charge in [-0.2, -0.15) is 0 Å². The summed E-state index contributed by atoms with van der Waals surface area (Å²) in [5.74, 6) is 0.828. The molecule has 1 fully saturated rings. The summed E-state index contributed by atoms with van der Waals surface area (Å²) in [4.78, 5) is 27.2. The van der Waals surface area contributed by atoms with Crippen LogP contribution in [0.25, 0.3) is 0 Å². The zero-order valence-electron chi connectivity index (χ0n) is 18.5. The van der Waals surface area contributed by atoms with Crippen molar-refractivity contribution in [3.63, 3.8) is 0 Å². The zero-order valence-corrected chi connectivity index (χ0v) is 19.3. The number of nitrogens with one attached hydrogen (secondary N) is 1. The van der Waals surface area contributed by atoms with Gasteiger partial charge < -0.3 is 5.32 Å². The number of hydrogen-bond donors (Lipinski definition) is 1. The van der Waals surface area contributed by atoms with E-state index in [1.54, 1.807) is 11.8 Å². The van der Waals surface area contributed by atoms with E-state index in [9.17, 15) is 9.59 Å². The minimum absolute atomic E-state index is 0.0235. The third-order valence-electron chi connectivity index (χ3n) is 6.46. The first-order chi connectivity index (χ1) is 15.1. The molecule has 1 heterocycles. The highest BCUT2D eigenvalue weighted by Gasteiger charge is 2.34. The molecule has 1 saturated heterocycles. The second kappa shape index (κ2) is 9.90. The summed E-state index contributed by atoms with van der Waals surface area (Å²) in [6, 6.07) is 14.5. The minimum atomic E-state index is -0.0235. The van der Waals surface area contributed by atoms with Crippen LogP contribution >= 0.6 is 11.8 Å². The SMILES string of the molecule is CCCC[C@@H](CC)C(=O)Nc1ccc([C@H]2SCC(=O)N2c2ccc3c(c2)CCC3)cc1. The maximum atomic E-state index is 12.7. The van der Waals surface area contributed by atoms with Crippen molar-refractivity contribution in [1.82, 2.24) is 0 Å². The number of hydrogen-bond acceptors (Lipinski definition) is 3. The van der Waals surface area contributed by atoms with Gasteiger partial charge in [0.1, 0.15) is 5.37 Å². The lowest BCUT2D eigenvalue weighted by atomic mass is 9.98. The van der Waals surface area contributed by atoms with Crippen LogP contribution in [0.1, 0.15) is 68.0 Å². The number of rotatable bonds is 8. The molecule has 0 bridgehead atoms. The van der Waals surface area contributed by atoms with E-state index in [1.165, 1.54) is 17.5 Å². The Balaban J connectivity index is 1.47. The topological polar surface area (TPSA) is 49.4 Å². The first-order valence-electron chi connectivity index (χ1n) is 11.6. The number of carbonyl (C=O) groups excluding carboxylic acids is 2. The third kappa shape index (κ3) is 4.82. The van der Waals surface area contributed by atoms with Gasteiger partial charge in [0.15, 0.2) is 0 Å². The van der Waals surface area contributed by atoms with Crippen LogP contribution in [-0.2, 0) is 22.4 Å². The first-order valence-corrected chi connectivity index (χ1v) is 12.6. The minimum Gasteiger partial charge on any atom is -0.326 e. The second-order valence-electron chi connectivity index (χ2n) is 8.59. The van der Waals surface area contributed by atoms with Crippen molar-refractivity contribution in [1.29, 1.82) is 0 Å². The number of benzene rings is 2. The Morgan fingerprint density at radius 3 is 2.65 bits per heavy atom. The summed E-state index contributed by atoms with van der Waals surface area (Å²) in [5.41, 5.74) is 5.71. The number of fused-ring (bicyclic) bond motifs is 1. The lowest BCUT2D eigenvalue weighted by Gasteiger charge is -2.25. The van der Waals surface area contributed by atoms with E-state index in [1.807, 2.05) is 29.2 Å². The highest BCUT2D eigenvalue weighted by molar-refractivity contribution is 8.00. The summed E-state index contributed by atoms with van der Waals surface area (Å²) in [6.07, 6.45) is 7.44. The molecule has 31 heavy (non-hydrogen) atoms. The van der Waals surface area contributed by atoms with E-state index in [0.717, 1.165) is 55.5 Å². The number of anilines is 2. The van der Waals surface area contributed by atoms with Crippen molar-refractivity contribution in [2.75, 3.05) is 16.0 Å². The van der Waals surface area contributed by atoms with Gasteiger partial charge in [0.05, 0.1) is 5.75 Å². The van der Waals surface area contributed by atoms with Gasteiger partial charge in [-0.05, 0) is 73.1 Å². The lowest BCUT2D eigenvalue weighted by molar-refractivity contribution is -0.120. The Bertz CT molecular complexity index is 941. The fraction of sp³-hybridized carbons (Fsp3) is 0.462. The maximum Gasteiger partial charge on any atom is 0.238 e. The fourth-order valence-electron chi connectivity index (χ4n) is 4.60. The summed E-state index contributed by atoms with van der Waals surface area (Å²) in [6.45, 7) is 4.23. The van der Waals surface area contributed by atoms with E-state index < -0.39 is 0 Å². The van der Waals surface area contributed by atoms with Crippen LogP contribution in [0.3, 0.4) is 0 Å². The molecular formula is C26H32N2O2S. The van der Waals surface area contributed by atoms with Crippen LogP contribution in [-0.4, -0.2) is 17.6 Å². The lowest BCUT2D eigenvalue weighted by Crippen LogP contribution is -2.28. The molecule has 2 aromatic carbocycles. The predicted molar refractivity (Wildman–Crippen MR) is 130 cm³/mol. The smallest absolute Gasteiger partial charge is 0.238 e. The number of amides is 2. The van der Waals surface area contributed by atoms with Gasteiger partial charge in [0.25, 0.3) is 0 Å². The summed E-state index contributed by atoms with van der Waals surface area (Å²) in [7, 11) is 0. The fourth-order valence-corrected chi connectivity index (χ4v) is 5.78. The van der Waals surface area contributed by atoms with E-state index in [0.29, 0.717) is 5.75 Å². The van der Waals surface area contributed by atoms with E-state index in [4.69, 9.17) is 0 Å². The molecule has 0 aromatic heterocycles. The van der Waals surface area contributed by atoms with Crippen LogP contribution in [0.5, 0.6) is 0 Å². The Labute approximate surface area is 189 Å². The number of unbranched alkanes of at least 4 members (excludes halogenated alkanes) is 1.